The molecule has 0 aliphatic carbocycles. The lowest BCUT2D eigenvalue weighted by molar-refractivity contribution is 0.102. The molecule has 0 saturated carbocycles. The molecule has 126 valence electrons. The summed E-state index contributed by atoms with van der Waals surface area (Å²) in [4.78, 5) is 25.2. The van der Waals surface area contributed by atoms with Crippen molar-refractivity contribution < 1.29 is 4.79 Å². The number of halogens is 2. The van der Waals surface area contributed by atoms with Crippen LogP contribution in [0.5, 0.6) is 0 Å². The minimum Gasteiger partial charge on any atom is -0.354 e. The summed E-state index contributed by atoms with van der Waals surface area (Å²) in [5, 5.41) is 3.58. The molecule has 0 atom stereocenters. The first-order chi connectivity index (χ1) is 11.5. The predicted molar refractivity (Wildman–Crippen MR) is 96.2 cm³/mol. The Labute approximate surface area is 150 Å². The van der Waals surface area contributed by atoms with E-state index in [1.807, 2.05) is 0 Å². The molecule has 2 aromatic rings. The first-order valence-electron chi connectivity index (χ1n) is 7.54. The summed E-state index contributed by atoms with van der Waals surface area (Å²) in [6.07, 6.45) is 1.45. The summed E-state index contributed by atoms with van der Waals surface area (Å²) < 4.78 is 0. The highest BCUT2D eigenvalue weighted by Gasteiger charge is 2.16. The van der Waals surface area contributed by atoms with E-state index in [9.17, 15) is 4.79 Å². The van der Waals surface area contributed by atoms with Crippen LogP contribution in [-0.2, 0) is 0 Å². The monoisotopic (exact) mass is 365 g/mol. The maximum Gasteiger partial charge on any atom is 0.256 e. The number of likely N-dealkylation sites (N-methyl/N-ethyl adjacent to an activating group) is 1. The molecule has 2 heterocycles. The third-order valence-electron chi connectivity index (χ3n) is 3.85. The highest BCUT2D eigenvalue weighted by molar-refractivity contribution is 6.35. The van der Waals surface area contributed by atoms with Crippen LogP contribution in [0.1, 0.15) is 10.4 Å². The van der Waals surface area contributed by atoms with Crippen LogP contribution in [0.3, 0.4) is 0 Å². The van der Waals surface area contributed by atoms with Crippen molar-refractivity contribution in [2.24, 2.45) is 0 Å². The molecule has 6 nitrogen and oxygen atoms in total. The summed E-state index contributed by atoms with van der Waals surface area (Å²) >= 11 is 11.9. The summed E-state index contributed by atoms with van der Waals surface area (Å²) in [5.41, 5.74) is 0.382. The fraction of sp³-hybridized carbons (Fsp3) is 0.312. The van der Waals surface area contributed by atoms with Crippen LogP contribution in [-0.4, -0.2) is 54.0 Å². The summed E-state index contributed by atoms with van der Waals surface area (Å²) in [6.45, 7) is 3.75. The Morgan fingerprint density at radius 1 is 1.04 bits per heavy atom. The first-order valence-corrected chi connectivity index (χ1v) is 8.30. The fourth-order valence-corrected chi connectivity index (χ4v) is 3.02. The lowest BCUT2D eigenvalue weighted by Gasteiger charge is -2.33. The van der Waals surface area contributed by atoms with Crippen LogP contribution in [0.25, 0.3) is 0 Å². The second kappa shape index (κ2) is 7.34. The molecule has 1 aliphatic heterocycles. The number of carbonyl (C=O) groups excluding carboxylic acids is 1. The minimum absolute atomic E-state index is 0.317. The Hall–Kier alpha value is -1.89. The molecule has 1 aromatic carbocycles. The number of hydrogen-bond donors (Lipinski definition) is 1. The van der Waals surface area contributed by atoms with E-state index in [4.69, 9.17) is 23.2 Å². The van der Waals surface area contributed by atoms with E-state index in [-0.39, 0.29) is 5.91 Å². The lowest BCUT2D eigenvalue weighted by Crippen LogP contribution is -2.44. The molecule has 1 aliphatic rings. The molecule has 1 aromatic heterocycles. The Morgan fingerprint density at radius 3 is 2.38 bits per heavy atom. The molecule has 1 fully saturated rings. The molecular formula is C16H17Cl2N5O. The van der Waals surface area contributed by atoms with Crippen LogP contribution < -0.4 is 10.2 Å². The van der Waals surface area contributed by atoms with E-state index >= 15 is 0 Å². The summed E-state index contributed by atoms with van der Waals surface area (Å²) in [6, 6.07) is 6.47. The van der Waals surface area contributed by atoms with Crippen molar-refractivity contribution in [1.29, 1.82) is 0 Å². The van der Waals surface area contributed by atoms with Crippen molar-refractivity contribution in [2.75, 3.05) is 43.4 Å². The van der Waals surface area contributed by atoms with Crippen molar-refractivity contribution in [3.63, 3.8) is 0 Å². The first kappa shape index (κ1) is 17.0. The second-order valence-electron chi connectivity index (χ2n) is 5.66. The van der Waals surface area contributed by atoms with Crippen molar-refractivity contribution in [3.05, 3.63) is 46.2 Å². The van der Waals surface area contributed by atoms with Crippen LogP contribution in [0.15, 0.2) is 30.6 Å². The Kier molecular flexibility index (Phi) is 5.18. The molecule has 0 spiro atoms. The van der Waals surface area contributed by atoms with Gasteiger partial charge in [-0.2, -0.15) is 0 Å². The normalized spacial score (nSPS) is 15.4. The number of hydrogen-bond acceptors (Lipinski definition) is 5. The van der Waals surface area contributed by atoms with Gasteiger partial charge in [0.2, 0.25) is 0 Å². The third-order valence-corrected chi connectivity index (χ3v) is 4.28. The Balaban J connectivity index is 1.73. The van der Waals surface area contributed by atoms with E-state index in [0.29, 0.717) is 21.4 Å². The van der Waals surface area contributed by atoms with Gasteiger partial charge in [0.1, 0.15) is 18.0 Å². The van der Waals surface area contributed by atoms with Crippen molar-refractivity contribution >= 4 is 40.7 Å². The quantitative estimate of drug-likeness (QED) is 0.905. The number of anilines is 2. The molecule has 0 bridgehead atoms. The zero-order valence-corrected chi connectivity index (χ0v) is 14.7. The maximum atomic E-state index is 12.3. The number of carbonyl (C=O) groups is 1. The topological polar surface area (TPSA) is 61.4 Å². The van der Waals surface area contributed by atoms with Gasteiger partial charge in [0.15, 0.2) is 0 Å². The third kappa shape index (κ3) is 4.14. The highest BCUT2D eigenvalue weighted by atomic mass is 35.5. The molecular weight excluding hydrogens is 349 g/mol. The highest BCUT2D eigenvalue weighted by Crippen LogP contribution is 2.21. The van der Waals surface area contributed by atoms with Gasteiger partial charge in [-0.05, 0) is 25.2 Å². The van der Waals surface area contributed by atoms with Gasteiger partial charge in [0.25, 0.3) is 5.91 Å². The molecule has 3 rings (SSSR count). The number of nitrogens with zero attached hydrogens (tertiary/aromatic N) is 4. The molecule has 1 saturated heterocycles. The zero-order chi connectivity index (χ0) is 17.1. The van der Waals surface area contributed by atoms with Crippen molar-refractivity contribution in [2.45, 2.75) is 0 Å². The SMILES string of the molecule is CN1CCN(c2cc(NC(=O)c3cc(Cl)cc(Cl)c3)ncn2)CC1. The van der Waals surface area contributed by atoms with Crippen molar-refractivity contribution in [1.82, 2.24) is 14.9 Å². The van der Waals surface area contributed by atoms with E-state index < -0.39 is 0 Å². The molecule has 1 amide bonds. The largest absolute Gasteiger partial charge is 0.354 e. The molecule has 8 heteroatoms. The van der Waals surface area contributed by atoms with E-state index in [2.05, 4.69) is 32.1 Å². The van der Waals surface area contributed by atoms with Crippen molar-refractivity contribution in [3.8, 4) is 0 Å². The standard InChI is InChI=1S/C16H17Cl2N5O/c1-22-2-4-23(5-3-22)15-9-14(19-10-20-15)21-16(24)11-6-12(17)8-13(18)7-11/h6-10H,2-5H2,1H3,(H,19,20,21,24). The molecule has 0 unspecified atom stereocenters. The lowest BCUT2D eigenvalue weighted by atomic mass is 10.2. The molecule has 0 radical (unpaired) electrons. The maximum absolute atomic E-state index is 12.3. The number of piperazine rings is 1. The number of benzene rings is 1. The van der Waals surface area contributed by atoms with E-state index in [1.54, 1.807) is 24.3 Å². The van der Waals surface area contributed by atoms with Crippen LogP contribution in [0, 0.1) is 0 Å². The van der Waals surface area contributed by atoms with Gasteiger partial charge in [0, 0.05) is 47.9 Å². The van der Waals surface area contributed by atoms with Crippen LogP contribution in [0.4, 0.5) is 11.6 Å². The molecule has 1 N–H and O–H groups in total. The van der Waals surface area contributed by atoms with Gasteiger partial charge in [-0.25, -0.2) is 9.97 Å². The van der Waals surface area contributed by atoms with Crippen LogP contribution >= 0.6 is 23.2 Å². The van der Waals surface area contributed by atoms with Gasteiger partial charge in [0.05, 0.1) is 0 Å². The second-order valence-corrected chi connectivity index (χ2v) is 6.54. The number of rotatable bonds is 3. The van der Waals surface area contributed by atoms with E-state index in [0.717, 1.165) is 32.0 Å². The van der Waals surface area contributed by atoms with Gasteiger partial charge < -0.3 is 15.1 Å². The minimum atomic E-state index is -0.317. The van der Waals surface area contributed by atoms with Gasteiger partial charge in [-0.1, -0.05) is 23.2 Å². The Morgan fingerprint density at radius 2 is 1.71 bits per heavy atom. The van der Waals surface area contributed by atoms with Gasteiger partial charge in [-0.3, -0.25) is 4.79 Å². The smallest absolute Gasteiger partial charge is 0.256 e. The molecule has 24 heavy (non-hydrogen) atoms. The Bertz CT molecular complexity index is 727. The summed E-state index contributed by atoms with van der Waals surface area (Å²) in [7, 11) is 2.10. The summed E-state index contributed by atoms with van der Waals surface area (Å²) in [5.74, 6) is 0.931. The fourth-order valence-electron chi connectivity index (χ4n) is 2.50. The number of amides is 1. The van der Waals surface area contributed by atoms with Crippen LogP contribution in [0.2, 0.25) is 10.0 Å². The zero-order valence-electron chi connectivity index (χ0n) is 13.2. The average molecular weight is 366 g/mol. The number of nitrogens with one attached hydrogen (secondary N) is 1. The van der Waals surface area contributed by atoms with Gasteiger partial charge in [-0.15, -0.1) is 0 Å². The number of aromatic nitrogens is 2. The predicted octanol–water partition coefficient (Wildman–Crippen LogP) is 2.79. The average Bonchev–Trinajstić information content (AvgIpc) is 2.55. The van der Waals surface area contributed by atoms with Gasteiger partial charge >= 0.3 is 0 Å². The van der Waals surface area contributed by atoms with E-state index in [1.165, 1.54) is 6.33 Å².